The molecule has 4 unspecified atom stereocenters. The van der Waals surface area contributed by atoms with Crippen molar-refractivity contribution in [3.05, 3.63) is 12.2 Å². The van der Waals surface area contributed by atoms with E-state index in [0.29, 0.717) is 0 Å². The van der Waals surface area contributed by atoms with Crippen LogP contribution in [0, 0.1) is 17.8 Å². The molecule has 2 fully saturated rings. The first kappa shape index (κ1) is 11.7. The van der Waals surface area contributed by atoms with E-state index in [1.54, 1.807) is 7.11 Å². The molecule has 0 radical (unpaired) electrons. The Morgan fingerprint density at radius 1 is 1.35 bits per heavy atom. The van der Waals surface area contributed by atoms with Crippen LogP contribution in [-0.2, 0) is 9.47 Å². The van der Waals surface area contributed by atoms with Crippen molar-refractivity contribution in [3.63, 3.8) is 0 Å². The second kappa shape index (κ2) is 5.09. The SMILES string of the molecule is COCC1CN(CC2CC3C=CC2C3)CCO1. The highest BCUT2D eigenvalue weighted by Crippen LogP contribution is 2.43. The van der Waals surface area contributed by atoms with Crippen LogP contribution in [0.1, 0.15) is 12.8 Å². The second-order valence-electron chi connectivity index (χ2n) is 5.75. The van der Waals surface area contributed by atoms with Crippen LogP contribution in [-0.4, -0.2) is 51.0 Å². The molecule has 17 heavy (non-hydrogen) atoms. The van der Waals surface area contributed by atoms with E-state index in [9.17, 15) is 0 Å². The van der Waals surface area contributed by atoms with Crippen molar-refractivity contribution in [3.8, 4) is 0 Å². The highest BCUT2D eigenvalue weighted by molar-refractivity contribution is 5.10. The minimum absolute atomic E-state index is 0.280. The summed E-state index contributed by atoms with van der Waals surface area (Å²) in [5.74, 6) is 2.65. The molecule has 2 bridgehead atoms. The van der Waals surface area contributed by atoms with Crippen LogP contribution < -0.4 is 0 Å². The number of fused-ring (bicyclic) bond motifs is 2. The Balaban J connectivity index is 1.50. The van der Waals surface area contributed by atoms with Gasteiger partial charge >= 0.3 is 0 Å². The van der Waals surface area contributed by atoms with Gasteiger partial charge < -0.3 is 9.47 Å². The predicted octanol–water partition coefficient (Wildman–Crippen LogP) is 1.55. The monoisotopic (exact) mass is 237 g/mol. The Morgan fingerprint density at radius 2 is 2.29 bits per heavy atom. The largest absolute Gasteiger partial charge is 0.382 e. The molecule has 3 rings (SSSR count). The van der Waals surface area contributed by atoms with Crippen LogP contribution >= 0.6 is 0 Å². The third-order valence-corrected chi connectivity index (χ3v) is 4.48. The van der Waals surface area contributed by atoms with E-state index in [-0.39, 0.29) is 6.10 Å². The maximum absolute atomic E-state index is 5.69. The fourth-order valence-electron chi connectivity index (χ4n) is 3.67. The normalized spacial score (nSPS) is 41.2. The Morgan fingerprint density at radius 3 is 3.00 bits per heavy atom. The number of nitrogens with zero attached hydrogens (tertiary/aromatic N) is 1. The summed E-state index contributed by atoms with van der Waals surface area (Å²) in [6.45, 7) is 5.00. The van der Waals surface area contributed by atoms with Crippen LogP contribution in [0.3, 0.4) is 0 Å². The molecule has 0 aromatic heterocycles. The molecular weight excluding hydrogens is 214 g/mol. The number of methoxy groups -OCH3 is 1. The summed E-state index contributed by atoms with van der Waals surface area (Å²) < 4.78 is 10.9. The molecular formula is C14H23NO2. The molecule has 0 amide bonds. The molecule has 3 aliphatic rings. The first-order chi connectivity index (χ1) is 8.35. The number of ether oxygens (including phenoxy) is 2. The number of allylic oxidation sites excluding steroid dienone is 2. The minimum atomic E-state index is 0.280. The van der Waals surface area contributed by atoms with Gasteiger partial charge in [-0.1, -0.05) is 12.2 Å². The van der Waals surface area contributed by atoms with Crippen LogP contribution in [0.25, 0.3) is 0 Å². The van der Waals surface area contributed by atoms with E-state index in [2.05, 4.69) is 17.1 Å². The minimum Gasteiger partial charge on any atom is -0.382 e. The topological polar surface area (TPSA) is 21.7 Å². The lowest BCUT2D eigenvalue weighted by atomic mass is 9.93. The molecule has 0 aromatic rings. The summed E-state index contributed by atoms with van der Waals surface area (Å²) >= 11 is 0. The van der Waals surface area contributed by atoms with Gasteiger partial charge in [0.15, 0.2) is 0 Å². The summed E-state index contributed by atoms with van der Waals surface area (Å²) in [4.78, 5) is 2.58. The van der Waals surface area contributed by atoms with Crippen LogP contribution in [0.2, 0.25) is 0 Å². The fourth-order valence-corrected chi connectivity index (χ4v) is 3.67. The molecule has 1 aliphatic heterocycles. The first-order valence-electron chi connectivity index (χ1n) is 6.86. The van der Waals surface area contributed by atoms with Gasteiger partial charge in [-0.3, -0.25) is 4.90 Å². The molecule has 0 aromatic carbocycles. The standard InChI is InChI=1S/C14H23NO2/c1-16-10-14-9-15(4-5-17-14)8-13-7-11-2-3-12(13)6-11/h2-3,11-14H,4-10H2,1H3. The lowest BCUT2D eigenvalue weighted by Crippen LogP contribution is -2.46. The first-order valence-corrected chi connectivity index (χ1v) is 6.86. The highest BCUT2D eigenvalue weighted by atomic mass is 16.5. The van der Waals surface area contributed by atoms with Crippen molar-refractivity contribution >= 4 is 0 Å². The van der Waals surface area contributed by atoms with Crippen LogP contribution in [0.15, 0.2) is 12.2 Å². The van der Waals surface area contributed by atoms with Crippen molar-refractivity contribution in [2.45, 2.75) is 18.9 Å². The van der Waals surface area contributed by atoms with E-state index in [4.69, 9.17) is 9.47 Å². The zero-order valence-corrected chi connectivity index (χ0v) is 10.7. The number of hydrogen-bond donors (Lipinski definition) is 0. The molecule has 1 saturated carbocycles. The number of morpholine rings is 1. The van der Waals surface area contributed by atoms with Crippen molar-refractivity contribution in [1.82, 2.24) is 4.90 Å². The second-order valence-corrected chi connectivity index (χ2v) is 5.75. The predicted molar refractivity (Wildman–Crippen MR) is 66.9 cm³/mol. The van der Waals surface area contributed by atoms with Crippen LogP contribution in [0.4, 0.5) is 0 Å². The Hall–Kier alpha value is -0.380. The zero-order chi connectivity index (χ0) is 11.7. The molecule has 1 heterocycles. The average Bonchev–Trinajstić information content (AvgIpc) is 2.92. The maximum atomic E-state index is 5.69. The lowest BCUT2D eigenvalue weighted by Gasteiger charge is -2.35. The van der Waals surface area contributed by atoms with E-state index >= 15 is 0 Å². The molecule has 3 heteroatoms. The molecule has 0 spiro atoms. The van der Waals surface area contributed by atoms with Crippen molar-refractivity contribution in [1.29, 1.82) is 0 Å². The smallest absolute Gasteiger partial charge is 0.0935 e. The quantitative estimate of drug-likeness (QED) is 0.692. The fraction of sp³-hybridized carbons (Fsp3) is 0.857. The Bertz CT molecular complexity index is 290. The number of hydrogen-bond acceptors (Lipinski definition) is 3. The molecule has 0 N–H and O–H groups in total. The van der Waals surface area contributed by atoms with Gasteiger partial charge in [0.1, 0.15) is 0 Å². The summed E-state index contributed by atoms with van der Waals surface area (Å²) in [7, 11) is 1.75. The van der Waals surface area contributed by atoms with E-state index in [1.165, 1.54) is 19.4 Å². The number of rotatable bonds is 4. The van der Waals surface area contributed by atoms with Gasteiger partial charge in [0.05, 0.1) is 19.3 Å². The Kier molecular flexibility index (Phi) is 3.50. The third kappa shape index (κ3) is 2.56. The van der Waals surface area contributed by atoms with Crippen molar-refractivity contribution in [2.24, 2.45) is 17.8 Å². The van der Waals surface area contributed by atoms with Crippen molar-refractivity contribution in [2.75, 3.05) is 40.0 Å². The molecule has 3 nitrogen and oxygen atoms in total. The van der Waals surface area contributed by atoms with Gasteiger partial charge in [-0.25, -0.2) is 0 Å². The zero-order valence-electron chi connectivity index (χ0n) is 10.7. The average molecular weight is 237 g/mol. The van der Waals surface area contributed by atoms with E-state index in [0.717, 1.165) is 44.1 Å². The molecule has 2 aliphatic carbocycles. The van der Waals surface area contributed by atoms with Crippen LogP contribution in [0.5, 0.6) is 0 Å². The lowest BCUT2D eigenvalue weighted by molar-refractivity contribution is -0.0647. The van der Waals surface area contributed by atoms with Gasteiger partial charge in [0, 0.05) is 26.7 Å². The van der Waals surface area contributed by atoms with Gasteiger partial charge in [0.2, 0.25) is 0 Å². The van der Waals surface area contributed by atoms with Crippen molar-refractivity contribution < 1.29 is 9.47 Å². The highest BCUT2D eigenvalue weighted by Gasteiger charge is 2.36. The third-order valence-electron chi connectivity index (χ3n) is 4.48. The molecule has 96 valence electrons. The maximum Gasteiger partial charge on any atom is 0.0935 e. The molecule has 4 atom stereocenters. The summed E-state index contributed by atoms with van der Waals surface area (Å²) in [5, 5.41) is 0. The summed E-state index contributed by atoms with van der Waals surface area (Å²) in [5.41, 5.74) is 0. The van der Waals surface area contributed by atoms with Gasteiger partial charge in [-0.05, 0) is 30.6 Å². The summed E-state index contributed by atoms with van der Waals surface area (Å²) in [6.07, 6.45) is 7.98. The Labute approximate surface area is 104 Å². The summed E-state index contributed by atoms with van der Waals surface area (Å²) in [6, 6.07) is 0. The van der Waals surface area contributed by atoms with E-state index < -0.39 is 0 Å². The van der Waals surface area contributed by atoms with E-state index in [1.807, 2.05) is 0 Å². The van der Waals surface area contributed by atoms with Gasteiger partial charge in [0.25, 0.3) is 0 Å². The van der Waals surface area contributed by atoms with Gasteiger partial charge in [-0.2, -0.15) is 0 Å². The van der Waals surface area contributed by atoms with Gasteiger partial charge in [-0.15, -0.1) is 0 Å². The molecule has 1 saturated heterocycles.